The molecule has 6 nitrogen and oxygen atoms in total. The van der Waals surface area contributed by atoms with Gasteiger partial charge < -0.3 is 9.47 Å². The summed E-state index contributed by atoms with van der Waals surface area (Å²) in [7, 11) is 0. The van der Waals surface area contributed by atoms with E-state index in [9.17, 15) is 15.8 Å². The second-order valence-electron chi connectivity index (χ2n) is 6.39. The molecular weight excluding hydrogens is 280 g/mol. The van der Waals surface area contributed by atoms with Crippen LogP contribution in [0.1, 0.15) is 45.4 Å². The molecule has 0 unspecified atom stereocenters. The first kappa shape index (κ1) is 14.8. The molecule has 114 valence electrons. The van der Waals surface area contributed by atoms with Gasteiger partial charge in [0.15, 0.2) is 10.8 Å². The Morgan fingerprint density at radius 3 is 2.55 bits per heavy atom. The van der Waals surface area contributed by atoms with E-state index in [1.165, 1.54) is 0 Å². The third-order valence-corrected chi connectivity index (χ3v) is 5.48. The minimum atomic E-state index is -1.63. The molecule has 6 heteroatoms. The van der Waals surface area contributed by atoms with Crippen LogP contribution in [0, 0.1) is 56.2 Å². The predicted octanol–water partition coefficient (Wildman–Crippen LogP) is 2.62. The SMILES string of the molecule is CCC[C@H]1O[C@@]23CCCC[C@H]2C(C#N)(C#N)[C@@]1(C#N)C(=N)O3. The largest absolute Gasteiger partial charge is 0.447 e. The molecule has 3 saturated heterocycles. The van der Waals surface area contributed by atoms with E-state index in [4.69, 9.17) is 14.9 Å². The van der Waals surface area contributed by atoms with E-state index in [-0.39, 0.29) is 5.90 Å². The highest BCUT2D eigenvalue weighted by molar-refractivity contribution is 5.88. The van der Waals surface area contributed by atoms with Crippen LogP contribution in [0.25, 0.3) is 0 Å². The van der Waals surface area contributed by atoms with Crippen LogP contribution in [0.3, 0.4) is 0 Å². The van der Waals surface area contributed by atoms with Crippen molar-refractivity contribution in [2.75, 3.05) is 0 Å². The molecule has 4 atom stereocenters. The van der Waals surface area contributed by atoms with Gasteiger partial charge in [-0.25, -0.2) is 0 Å². The average Bonchev–Trinajstić information content (AvgIpc) is 2.53. The summed E-state index contributed by atoms with van der Waals surface area (Å²) in [6, 6.07) is 6.33. The monoisotopic (exact) mass is 298 g/mol. The lowest BCUT2D eigenvalue weighted by atomic mass is 9.48. The van der Waals surface area contributed by atoms with Crippen LogP contribution in [0.2, 0.25) is 0 Å². The van der Waals surface area contributed by atoms with E-state index in [1.807, 2.05) is 6.92 Å². The maximum absolute atomic E-state index is 9.87. The van der Waals surface area contributed by atoms with Gasteiger partial charge in [0.25, 0.3) is 0 Å². The third-order valence-electron chi connectivity index (χ3n) is 5.48. The zero-order valence-corrected chi connectivity index (χ0v) is 12.6. The summed E-state index contributed by atoms with van der Waals surface area (Å²) in [5, 5.41) is 37.9. The number of hydrogen-bond donors (Lipinski definition) is 1. The fourth-order valence-corrected chi connectivity index (χ4v) is 4.49. The number of nitrogens with zero attached hydrogens (tertiary/aromatic N) is 3. The van der Waals surface area contributed by atoms with Gasteiger partial charge in [0, 0.05) is 6.42 Å². The standard InChI is InChI=1S/C16H18N4O2/c1-2-5-12-15(10-19)13(20)22-16(21-12)7-4-3-6-11(16)14(15,8-17)9-18/h11-12,20H,2-7H2,1H3/t11-,12+,15+,16+/m0/s1. The molecule has 4 fully saturated rings. The summed E-state index contributed by atoms with van der Waals surface area (Å²) in [5.41, 5.74) is -3.20. The molecule has 4 aliphatic rings. The topological polar surface area (TPSA) is 114 Å². The summed E-state index contributed by atoms with van der Waals surface area (Å²) in [6.45, 7) is 1.96. The van der Waals surface area contributed by atoms with E-state index < -0.39 is 28.6 Å². The Hall–Kier alpha value is -2.10. The van der Waals surface area contributed by atoms with Crippen molar-refractivity contribution in [3.8, 4) is 18.2 Å². The molecule has 3 heterocycles. The summed E-state index contributed by atoms with van der Waals surface area (Å²) in [4.78, 5) is 0. The van der Waals surface area contributed by atoms with Gasteiger partial charge in [-0.1, -0.05) is 19.8 Å². The number of nitriles is 3. The van der Waals surface area contributed by atoms with Crippen molar-refractivity contribution in [3.05, 3.63) is 0 Å². The molecule has 0 aromatic carbocycles. The van der Waals surface area contributed by atoms with Gasteiger partial charge in [0.2, 0.25) is 11.7 Å². The molecule has 4 rings (SSSR count). The Morgan fingerprint density at radius 1 is 1.23 bits per heavy atom. The molecule has 2 bridgehead atoms. The lowest BCUT2D eigenvalue weighted by Crippen LogP contribution is -2.75. The van der Waals surface area contributed by atoms with Gasteiger partial charge in [-0.05, 0) is 19.3 Å². The maximum Gasteiger partial charge on any atom is 0.217 e. The van der Waals surface area contributed by atoms with Crippen molar-refractivity contribution in [2.45, 2.75) is 57.3 Å². The van der Waals surface area contributed by atoms with Crippen LogP contribution in [0.15, 0.2) is 0 Å². The van der Waals surface area contributed by atoms with Crippen LogP contribution in [-0.4, -0.2) is 17.8 Å². The van der Waals surface area contributed by atoms with Gasteiger partial charge >= 0.3 is 0 Å². The van der Waals surface area contributed by atoms with Gasteiger partial charge in [-0.3, -0.25) is 5.41 Å². The molecule has 1 aliphatic carbocycles. The zero-order chi connectivity index (χ0) is 16.0. The number of fused-ring (bicyclic) bond motifs is 2. The molecule has 1 spiro atoms. The predicted molar refractivity (Wildman–Crippen MR) is 75.0 cm³/mol. The van der Waals surface area contributed by atoms with Crippen molar-refractivity contribution in [1.29, 1.82) is 21.2 Å². The zero-order valence-electron chi connectivity index (χ0n) is 12.6. The fraction of sp³-hybridized carbons (Fsp3) is 0.750. The van der Waals surface area contributed by atoms with Crippen molar-refractivity contribution in [1.82, 2.24) is 0 Å². The molecule has 0 radical (unpaired) electrons. The van der Waals surface area contributed by atoms with Crippen molar-refractivity contribution >= 4 is 5.90 Å². The van der Waals surface area contributed by atoms with Crippen molar-refractivity contribution in [2.24, 2.45) is 16.7 Å². The van der Waals surface area contributed by atoms with Gasteiger partial charge in [0.1, 0.15) is 0 Å². The fourth-order valence-electron chi connectivity index (χ4n) is 4.49. The van der Waals surface area contributed by atoms with E-state index in [0.717, 1.165) is 19.3 Å². The van der Waals surface area contributed by atoms with E-state index in [2.05, 4.69) is 18.2 Å². The molecule has 0 aromatic rings. The van der Waals surface area contributed by atoms with Crippen molar-refractivity contribution in [3.63, 3.8) is 0 Å². The number of ether oxygens (including phenoxy) is 2. The first-order valence-electron chi connectivity index (χ1n) is 7.76. The summed E-state index contributed by atoms with van der Waals surface area (Å²) < 4.78 is 11.9. The summed E-state index contributed by atoms with van der Waals surface area (Å²) in [6.07, 6.45) is 3.54. The highest BCUT2D eigenvalue weighted by Crippen LogP contribution is 2.66. The van der Waals surface area contributed by atoms with Crippen LogP contribution in [0.4, 0.5) is 0 Å². The Morgan fingerprint density at radius 2 is 1.95 bits per heavy atom. The second kappa shape index (κ2) is 4.70. The van der Waals surface area contributed by atoms with E-state index in [0.29, 0.717) is 19.3 Å². The van der Waals surface area contributed by atoms with Crippen LogP contribution in [0.5, 0.6) is 0 Å². The van der Waals surface area contributed by atoms with Gasteiger partial charge in [0.05, 0.1) is 30.2 Å². The lowest BCUT2D eigenvalue weighted by Gasteiger charge is -2.63. The minimum Gasteiger partial charge on any atom is -0.447 e. The average molecular weight is 298 g/mol. The molecule has 1 N–H and O–H groups in total. The highest BCUT2D eigenvalue weighted by atomic mass is 16.7. The van der Waals surface area contributed by atoms with Gasteiger partial charge in [-0.15, -0.1) is 0 Å². The smallest absolute Gasteiger partial charge is 0.217 e. The van der Waals surface area contributed by atoms with Gasteiger partial charge in [-0.2, -0.15) is 15.8 Å². The molecular formula is C16H18N4O2. The maximum atomic E-state index is 9.87. The first-order valence-corrected chi connectivity index (χ1v) is 7.76. The normalized spacial score (nSPS) is 41.5. The summed E-state index contributed by atoms with van der Waals surface area (Å²) >= 11 is 0. The number of rotatable bonds is 2. The first-order chi connectivity index (χ1) is 10.6. The van der Waals surface area contributed by atoms with E-state index in [1.54, 1.807) is 0 Å². The second-order valence-corrected chi connectivity index (χ2v) is 6.39. The van der Waals surface area contributed by atoms with Crippen LogP contribution >= 0.6 is 0 Å². The molecule has 1 saturated carbocycles. The third kappa shape index (κ3) is 1.38. The lowest BCUT2D eigenvalue weighted by molar-refractivity contribution is -0.358. The molecule has 22 heavy (non-hydrogen) atoms. The Balaban J connectivity index is 2.27. The van der Waals surface area contributed by atoms with Crippen LogP contribution in [-0.2, 0) is 9.47 Å². The van der Waals surface area contributed by atoms with E-state index >= 15 is 0 Å². The quantitative estimate of drug-likeness (QED) is 0.841. The molecule has 3 aliphatic heterocycles. The Labute approximate surface area is 129 Å². The number of nitrogens with one attached hydrogen (secondary N) is 1. The highest BCUT2D eigenvalue weighted by Gasteiger charge is 2.79. The molecule has 0 aromatic heterocycles. The Bertz CT molecular complexity index is 626. The molecule has 0 amide bonds. The Kier molecular flexibility index (Phi) is 3.17. The van der Waals surface area contributed by atoms with Crippen molar-refractivity contribution < 1.29 is 9.47 Å². The summed E-state index contributed by atoms with van der Waals surface area (Å²) in [5.74, 6) is -1.83. The number of hydrogen-bond acceptors (Lipinski definition) is 6. The van der Waals surface area contributed by atoms with Crippen LogP contribution < -0.4 is 0 Å². The minimum absolute atomic E-state index is 0.263.